The van der Waals surface area contributed by atoms with Gasteiger partial charge in [0.15, 0.2) is 0 Å². The van der Waals surface area contributed by atoms with Gasteiger partial charge in [0.2, 0.25) is 0 Å². The quantitative estimate of drug-likeness (QED) is 0.834. The maximum absolute atomic E-state index is 5.51. The Bertz CT molecular complexity index is 424. The summed E-state index contributed by atoms with van der Waals surface area (Å²) in [6.45, 7) is 4.14. The van der Waals surface area contributed by atoms with Crippen LogP contribution in [0.15, 0.2) is 24.3 Å². The van der Waals surface area contributed by atoms with Crippen LogP contribution in [-0.2, 0) is 10.3 Å². The maximum atomic E-state index is 5.51. The second-order valence-electron chi connectivity index (χ2n) is 3.89. The van der Waals surface area contributed by atoms with Crippen LogP contribution in [0.5, 0.6) is 0 Å². The molecule has 1 aromatic heterocycles. The van der Waals surface area contributed by atoms with Gasteiger partial charge in [-0.1, -0.05) is 19.1 Å². The standard InChI is InChI=1S/C12H16N2O/c1-4-12(2,15-3)11-13-9-7-5-6-8-10(9)14-11/h5-8H,4H2,1-3H3,(H,13,14). The molecule has 0 amide bonds. The summed E-state index contributed by atoms with van der Waals surface area (Å²) in [6, 6.07) is 8.02. The lowest BCUT2D eigenvalue weighted by atomic mass is 10.0. The van der Waals surface area contributed by atoms with Crippen molar-refractivity contribution < 1.29 is 4.74 Å². The van der Waals surface area contributed by atoms with Crippen LogP contribution in [0.2, 0.25) is 0 Å². The molecule has 0 saturated heterocycles. The Morgan fingerprint density at radius 3 is 2.73 bits per heavy atom. The largest absolute Gasteiger partial charge is 0.371 e. The van der Waals surface area contributed by atoms with Gasteiger partial charge in [-0.15, -0.1) is 0 Å². The zero-order valence-electron chi connectivity index (χ0n) is 9.37. The topological polar surface area (TPSA) is 37.9 Å². The fourth-order valence-corrected chi connectivity index (χ4v) is 1.61. The van der Waals surface area contributed by atoms with Gasteiger partial charge in [-0.25, -0.2) is 4.98 Å². The number of benzene rings is 1. The summed E-state index contributed by atoms with van der Waals surface area (Å²) >= 11 is 0. The van der Waals surface area contributed by atoms with Crippen LogP contribution in [0.3, 0.4) is 0 Å². The summed E-state index contributed by atoms with van der Waals surface area (Å²) in [6.07, 6.45) is 0.892. The number of aromatic amines is 1. The number of nitrogens with zero attached hydrogens (tertiary/aromatic N) is 1. The first-order valence-electron chi connectivity index (χ1n) is 5.20. The molecule has 0 spiro atoms. The van der Waals surface area contributed by atoms with Crippen molar-refractivity contribution >= 4 is 11.0 Å². The highest BCUT2D eigenvalue weighted by molar-refractivity contribution is 5.74. The van der Waals surface area contributed by atoms with Gasteiger partial charge in [0.1, 0.15) is 11.4 Å². The molecule has 1 unspecified atom stereocenters. The first kappa shape index (κ1) is 10.2. The van der Waals surface area contributed by atoms with Crippen LogP contribution < -0.4 is 0 Å². The first-order chi connectivity index (χ1) is 7.19. The molecule has 2 rings (SSSR count). The number of rotatable bonds is 3. The minimum atomic E-state index is -0.320. The highest BCUT2D eigenvalue weighted by Crippen LogP contribution is 2.27. The lowest BCUT2D eigenvalue weighted by molar-refractivity contribution is -0.00803. The number of H-pyrrole nitrogens is 1. The number of hydrogen-bond acceptors (Lipinski definition) is 2. The Morgan fingerprint density at radius 1 is 1.40 bits per heavy atom. The molecule has 1 heterocycles. The second-order valence-corrected chi connectivity index (χ2v) is 3.89. The molecule has 0 aliphatic heterocycles. The summed E-state index contributed by atoms with van der Waals surface area (Å²) in [4.78, 5) is 7.85. The Hall–Kier alpha value is -1.35. The van der Waals surface area contributed by atoms with Crippen molar-refractivity contribution in [3.63, 3.8) is 0 Å². The number of fused-ring (bicyclic) bond motifs is 1. The highest BCUT2D eigenvalue weighted by Gasteiger charge is 2.27. The van der Waals surface area contributed by atoms with Crippen molar-refractivity contribution in [3.8, 4) is 0 Å². The summed E-state index contributed by atoms with van der Waals surface area (Å²) in [7, 11) is 1.72. The SMILES string of the molecule is CCC(C)(OC)c1nc2ccccc2[nH]1. The second kappa shape index (κ2) is 3.66. The molecule has 1 N–H and O–H groups in total. The molecule has 0 radical (unpaired) electrons. The molecule has 0 bridgehead atoms. The van der Waals surface area contributed by atoms with Crippen molar-refractivity contribution in [2.45, 2.75) is 25.9 Å². The fraction of sp³-hybridized carbons (Fsp3) is 0.417. The first-order valence-corrected chi connectivity index (χ1v) is 5.20. The Morgan fingerprint density at radius 2 is 2.13 bits per heavy atom. The molecule has 15 heavy (non-hydrogen) atoms. The third-order valence-electron chi connectivity index (χ3n) is 3.02. The fourth-order valence-electron chi connectivity index (χ4n) is 1.61. The van der Waals surface area contributed by atoms with E-state index < -0.39 is 0 Å². The van der Waals surface area contributed by atoms with Gasteiger partial charge >= 0.3 is 0 Å². The molecule has 0 aliphatic rings. The number of ether oxygens (including phenoxy) is 1. The Labute approximate surface area is 89.5 Å². The predicted octanol–water partition coefficient (Wildman–Crippen LogP) is 2.83. The molecular weight excluding hydrogens is 188 g/mol. The van der Waals surface area contributed by atoms with Crippen molar-refractivity contribution in [1.29, 1.82) is 0 Å². The van der Waals surface area contributed by atoms with Gasteiger partial charge in [-0.2, -0.15) is 0 Å². The van der Waals surface area contributed by atoms with Crippen molar-refractivity contribution in [1.82, 2.24) is 9.97 Å². The van der Waals surface area contributed by atoms with Crippen LogP contribution >= 0.6 is 0 Å². The van der Waals surface area contributed by atoms with Crippen LogP contribution in [-0.4, -0.2) is 17.1 Å². The molecule has 1 atom stereocenters. The van der Waals surface area contributed by atoms with Gasteiger partial charge in [0.25, 0.3) is 0 Å². The van der Waals surface area contributed by atoms with E-state index in [1.807, 2.05) is 31.2 Å². The van der Waals surface area contributed by atoms with E-state index in [0.29, 0.717) is 0 Å². The van der Waals surface area contributed by atoms with Crippen LogP contribution in [0.1, 0.15) is 26.1 Å². The monoisotopic (exact) mass is 204 g/mol. The summed E-state index contributed by atoms with van der Waals surface area (Å²) in [5.41, 5.74) is 1.73. The molecule has 3 heteroatoms. The van der Waals surface area contributed by atoms with Crippen molar-refractivity contribution in [3.05, 3.63) is 30.1 Å². The highest BCUT2D eigenvalue weighted by atomic mass is 16.5. The normalized spacial score (nSPS) is 15.4. The number of nitrogens with one attached hydrogen (secondary N) is 1. The molecular formula is C12H16N2O. The number of imidazole rings is 1. The lowest BCUT2D eigenvalue weighted by Crippen LogP contribution is -2.24. The van der Waals surface area contributed by atoms with Gasteiger partial charge in [-0.05, 0) is 25.5 Å². The Kier molecular flexibility index (Phi) is 2.49. The number of methoxy groups -OCH3 is 1. The lowest BCUT2D eigenvalue weighted by Gasteiger charge is -2.23. The van der Waals surface area contributed by atoms with E-state index in [2.05, 4.69) is 16.9 Å². The molecule has 0 aliphatic carbocycles. The van der Waals surface area contributed by atoms with Crippen LogP contribution in [0.4, 0.5) is 0 Å². The van der Waals surface area contributed by atoms with Gasteiger partial charge in [-0.3, -0.25) is 0 Å². The minimum Gasteiger partial charge on any atom is -0.371 e. The van der Waals surface area contributed by atoms with Crippen LogP contribution in [0.25, 0.3) is 11.0 Å². The maximum Gasteiger partial charge on any atom is 0.139 e. The molecule has 80 valence electrons. The van der Waals surface area contributed by atoms with Gasteiger partial charge < -0.3 is 9.72 Å². The number of para-hydroxylation sites is 2. The van der Waals surface area contributed by atoms with E-state index in [1.54, 1.807) is 7.11 Å². The minimum absolute atomic E-state index is 0.320. The average molecular weight is 204 g/mol. The van der Waals surface area contributed by atoms with Crippen LogP contribution in [0, 0.1) is 0 Å². The van der Waals surface area contributed by atoms with Crippen molar-refractivity contribution in [2.75, 3.05) is 7.11 Å². The van der Waals surface area contributed by atoms with Gasteiger partial charge in [0.05, 0.1) is 11.0 Å². The summed E-state index contributed by atoms with van der Waals surface area (Å²) < 4.78 is 5.51. The average Bonchev–Trinajstić information content (AvgIpc) is 2.72. The van der Waals surface area contributed by atoms with E-state index in [1.165, 1.54) is 0 Å². The summed E-state index contributed by atoms with van der Waals surface area (Å²) in [5.74, 6) is 0.897. The third kappa shape index (κ3) is 1.63. The summed E-state index contributed by atoms with van der Waals surface area (Å²) in [5, 5.41) is 0. The van der Waals surface area contributed by atoms with E-state index in [0.717, 1.165) is 23.3 Å². The van der Waals surface area contributed by atoms with E-state index in [9.17, 15) is 0 Å². The van der Waals surface area contributed by atoms with E-state index in [4.69, 9.17) is 4.74 Å². The van der Waals surface area contributed by atoms with E-state index in [-0.39, 0.29) is 5.60 Å². The number of aromatic nitrogens is 2. The number of hydrogen-bond donors (Lipinski definition) is 1. The Balaban J connectivity index is 2.52. The smallest absolute Gasteiger partial charge is 0.139 e. The third-order valence-corrected chi connectivity index (χ3v) is 3.02. The zero-order chi connectivity index (χ0) is 10.9. The predicted molar refractivity (Wildman–Crippen MR) is 60.7 cm³/mol. The molecule has 1 aromatic carbocycles. The molecule has 0 fully saturated rings. The zero-order valence-corrected chi connectivity index (χ0v) is 9.37. The molecule has 3 nitrogen and oxygen atoms in total. The van der Waals surface area contributed by atoms with E-state index >= 15 is 0 Å². The van der Waals surface area contributed by atoms with Crippen molar-refractivity contribution in [2.24, 2.45) is 0 Å². The molecule has 0 saturated carbocycles. The molecule has 2 aromatic rings. The van der Waals surface area contributed by atoms with Gasteiger partial charge in [0, 0.05) is 7.11 Å².